The molecule has 26 heavy (non-hydrogen) atoms. The number of carbonyl (C=O) groups excluding carboxylic acids is 1. The third kappa shape index (κ3) is 3.59. The molecule has 0 spiro atoms. The van der Waals surface area contributed by atoms with E-state index in [2.05, 4.69) is 32.5 Å². The zero-order valence-electron chi connectivity index (χ0n) is 14.4. The minimum Gasteiger partial charge on any atom is -0.372 e. The van der Waals surface area contributed by atoms with Crippen LogP contribution in [0.1, 0.15) is 29.1 Å². The third-order valence-electron chi connectivity index (χ3n) is 4.51. The fourth-order valence-electron chi connectivity index (χ4n) is 3.08. The molecule has 0 atom stereocenters. The minimum atomic E-state index is -0.374. The predicted octanol–water partition coefficient (Wildman–Crippen LogP) is 3.27. The number of anilines is 1. The van der Waals surface area contributed by atoms with Gasteiger partial charge in [0.15, 0.2) is 0 Å². The molecule has 0 aliphatic carbocycles. The first-order chi connectivity index (χ1) is 12.8. The van der Waals surface area contributed by atoms with Crippen molar-refractivity contribution in [2.45, 2.75) is 19.4 Å². The molecule has 6 nitrogen and oxygen atoms in total. The standard InChI is InChI=1S/C20H20N4O2/c25-19(21-14-15-6-2-1-3-7-15)20-22-18(23-26-20)16-8-10-17(11-9-16)24-12-4-5-13-24/h1-3,6-11H,4-5,12-14H2,(H,21,25). The molecule has 6 heteroatoms. The first-order valence-electron chi connectivity index (χ1n) is 8.81. The highest BCUT2D eigenvalue weighted by Gasteiger charge is 2.17. The van der Waals surface area contributed by atoms with Gasteiger partial charge in [0, 0.05) is 30.9 Å². The van der Waals surface area contributed by atoms with Crippen LogP contribution in [0.25, 0.3) is 11.4 Å². The highest BCUT2D eigenvalue weighted by Crippen LogP contribution is 2.24. The quantitative estimate of drug-likeness (QED) is 0.766. The molecule has 4 rings (SSSR count). The van der Waals surface area contributed by atoms with Gasteiger partial charge in [-0.25, -0.2) is 0 Å². The van der Waals surface area contributed by atoms with Crippen molar-refractivity contribution in [3.05, 3.63) is 66.1 Å². The number of rotatable bonds is 5. The number of benzene rings is 2. The van der Waals surface area contributed by atoms with Crippen LogP contribution in [0.4, 0.5) is 5.69 Å². The van der Waals surface area contributed by atoms with Gasteiger partial charge in [0.25, 0.3) is 0 Å². The summed E-state index contributed by atoms with van der Waals surface area (Å²) in [6, 6.07) is 17.7. The molecule has 1 aliphatic heterocycles. The van der Waals surface area contributed by atoms with Crippen molar-refractivity contribution in [3.63, 3.8) is 0 Å². The second-order valence-electron chi connectivity index (χ2n) is 6.33. The molecule has 0 unspecified atom stereocenters. The van der Waals surface area contributed by atoms with E-state index >= 15 is 0 Å². The van der Waals surface area contributed by atoms with Gasteiger partial charge in [0.1, 0.15) is 0 Å². The molecule has 1 fully saturated rings. The van der Waals surface area contributed by atoms with Gasteiger partial charge in [-0.15, -0.1) is 0 Å². The average Bonchev–Trinajstić information content (AvgIpc) is 3.39. The van der Waals surface area contributed by atoms with Crippen molar-refractivity contribution in [3.8, 4) is 11.4 Å². The number of nitrogens with one attached hydrogen (secondary N) is 1. The average molecular weight is 348 g/mol. The van der Waals surface area contributed by atoms with Gasteiger partial charge in [-0.05, 0) is 42.7 Å². The second-order valence-corrected chi connectivity index (χ2v) is 6.33. The van der Waals surface area contributed by atoms with Crippen molar-refractivity contribution >= 4 is 11.6 Å². The number of amides is 1. The van der Waals surface area contributed by atoms with Gasteiger partial charge in [-0.1, -0.05) is 35.5 Å². The Bertz CT molecular complexity index is 868. The van der Waals surface area contributed by atoms with Gasteiger partial charge < -0.3 is 14.7 Å². The lowest BCUT2D eigenvalue weighted by Gasteiger charge is -2.17. The van der Waals surface area contributed by atoms with Gasteiger partial charge in [0.2, 0.25) is 5.82 Å². The maximum absolute atomic E-state index is 12.2. The number of aromatic nitrogens is 2. The van der Waals surface area contributed by atoms with Crippen LogP contribution in [0.15, 0.2) is 59.1 Å². The molecule has 2 heterocycles. The summed E-state index contributed by atoms with van der Waals surface area (Å²) in [5, 5.41) is 6.71. The first kappa shape index (κ1) is 16.3. The Morgan fingerprint density at radius 2 is 1.77 bits per heavy atom. The summed E-state index contributed by atoms with van der Waals surface area (Å²) in [4.78, 5) is 18.8. The summed E-state index contributed by atoms with van der Waals surface area (Å²) < 4.78 is 5.12. The van der Waals surface area contributed by atoms with Crippen LogP contribution in [-0.4, -0.2) is 29.1 Å². The first-order valence-corrected chi connectivity index (χ1v) is 8.81. The van der Waals surface area contributed by atoms with Crippen molar-refractivity contribution in [2.24, 2.45) is 0 Å². The SMILES string of the molecule is O=C(NCc1ccccc1)c1nc(-c2ccc(N3CCCC3)cc2)no1. The van der Waals surface area contributed by atoms with Crippen LogP contribution in [-0.2, 0) is 6.54 Å². The Kier molecular flexibility index (Phi) is 4.64. The Labute approximate surface area is 151 Å². The smallest absolute Gasteiger partial charge is 0.316 e. The van der Waals surface area contributed by atoms with E-state index in [-0.39, 0.29) is 11.8 Å². The van der Waals surface area contributed by atoms with Crippen LogP contribution >= 0.6 is 0 Å². The number of hydrogen-bond acceptors (Lipinski definition) is 5. The second kappa shape index (κ2) is 7.39. The summed E-state index contributed by atoms with van der Waals surface area (Å²) >= 11 is 0. The predicted molar refractivity (Wildman–Crippen MR) is 98.8 cm³/mol. The van der Waals surface area contributed by atoms with Crippen molar-refractivity contribution in [1.82, 2.24) is 15.5 Å². The molecular weight excluding hydrogens is 328 g/mol. The van der Waals surface area contributed by atoms with Crippen LogP contribution in [0.3, 0.4) is 0 Å². The fourth-order valence-corrected chi connectivity index (χ4v) is 3.08. The highest BCUT2D eigenvalue weighted by atomic mass is 16.5. The summed E-state index contributed by atoms with van der Waals surface area (Å²) in [5.74, 6) is 0.0173. The summed E-state index contributed by atoms with van der Waals surface area (Å²) in [7, 11) is 0. The van der Waals surface area contributed by atoms with E-state index in [9.17, 15) is 4.79 Å². The zero-order chi connectivity index (χ0) is 17.8. The number of nitrogens with zero attached hydrogens (tertiary/aromatic N) is 3. The Hall–Kier alpha value is -3.15. The molecule has 132 valence electrons. The van der Waals surface area contributed by atoms with Gasteiger partial charge >= 0.3 is 11.8 Å². The summed E-state index contributed by atoms with van der Waals surface area (Å²) in [5.41, 5.74) is 3.05. The van der Waals surface area contributed by atoms with Crippen molar-refractivity contribution < 1.29 is 9.32 Å². The lowest BCUT2D eigenvalue weighted by molar-refractivity contribution is 0.0907. The van der Waals surface area contributed by atoms with E-state index in [0.29, 0.717) is 12.4 Å². The molecule has 0 radical (unpaired) electrons. The topological polar surface area (TPSA) is 71.3 Å². The Morgan fingerprint density at radius 3 is 2.50 bits per heavy atom. The Morgan fingerprint density at radius 1 is 1.04 bits per heavy atom. The van der Waals surface area contributed by atoms with Gasteiger partial charge in [-0.3, -0.25) is 4.79 Å². The number of carbonyl (C=O) groups is 1. The molecule has 1 saturated heterocycles. The monoisotopic (exact) mass is 348 g/mol. The molecule has 1 aliphatic rings. The normalized spacial score (nSPS) is 13.8. The largest absolute Gasteiger partial charge is 0.372 e. The number of hydrogen-bond donors (Lipinski definition) is 1. The highest BCUT2D eigenvalue weighted by molar-refractivity contribution is 5.89. The van der Waals surface area contributed by atoms with Crippen LogP contribution in [0.5, 0.6) is 0 Å². The summed E-state index contributed by atoms with van der Waals surface area (Å²) in [6.07, 6.45) is 2.49. The lowest BCUT2D eigenvalue weighted by Crippen LogP contribution is -2.23. The maximum atomic E-state index is 12.2. The van der Waals surface area contributed by atoms with E-state index in [1.165, 1.54) is 18.5 Å². The minimum absolute atomic E-state index is 0.0282. The molecular formula is C20H20N4O2. The lowest BCUT2D eigenvalue weighted by atomic mass is 10.2. The van der Waals surface area contributed by atoms with Gasteiger partial charge in [-0.2, -0.15) is 4.98 Å². The molecule has 2 aromatic carbocycles. The fraction of sp³-hybridized carbons (Fsp3) is 0.250. The van der Waals surface area contributed by atoms with Crippen molar-refractivity contribution in [1.29, 1.82) is 0 Å². The molecule has 0 bridgehead atoms. The van der Waals surface area contributed by atoms with E-state index < -0.39 is 0 Å². The summed E-state index contributed by atoms with van der Waals surface area (Å²) in [6.45, 7) is 2.63. The maximum Gasteiger partial charge on any atom is 0.316 e. The van der Waals surface area contributed by atoms with Crippen LogP contribution in [0.2, 0.25) is 0 Å². The third-order valence-corrected chi connectivity index (χ3v) is 4.51. The molecule has 1 amide bonds. The van der Waals surface area contributed by atoms with Crippen LogP contribution < -0.4 is 10.2 Å². The van der Waals surface area contributed by atoms with E-state index in [1.54, 1.807) is 0 Å². The van der Waals surface area contributed by atoms with E-state index in [0.717, 1.165) is 24.2 Å². The van der Waals surface area contributed by atoms with Gasteiger partial charge in [0.05, 0.1) is 0 Å². The molecule has 1 aromatic heterocycles. The molecule has 3 aromatic rings. The van der Waals surface area contributed by atoms with E-state index in [1.807, 2.05) is 42.5 Å². The van der Waals surface area contributed by atoms with Crippen molar-refractivity contribution in [2.75, 3.05) is 18.0 Å². The van der Waals surface area contributed by atoms with E-state index in [4.69, 9.17) is 4.52 Å². The molecule has 0 saturated carbocycles. The Balaban J connectivity index is 1.41. The zero-order valence-corrected chi connectivity index (χ0v) is 14.4. The molecule has 1 N–H and O–H groups in total. The van der Waals surface area contributed by atoms with Crippen LogP contribution in [0, 0.1) is 0 Å².